The van der Waals surface area contributed by atoms with Gasteiger partial charge in [0, 0.05) is 20.0 Å². The smallest absolute Gasteiger partial charge is 0.222 e. The molecule has 2 saturated heterocycles. The quantitative estimate of drug-likeness (QED) is 0.475. The molecule has 5 atom stereocenters. The number of aliphatic hydroxyl groups excluding tert-OH is 2. The lowest BCUT2D eigenvalue weighted by Gasteiger charge is -2.42. The number of hydrogen-bond acceptors (Lipinski definition) is 5. The standard InChI is InChI=1S/C13H23N3O4S/c1-7(16-5-3-4-9(16)17)12-11(19)10(18)8(6-20-12)15-13(21)14-2/h7-8,10-12,18-19H,3-6H2,1-2H3,(H2,14,15,21)/t7-,8-,10+,11-,12+/m0/s1. The van der Waals surface area contributed by atoms with E-state index in [1.54, 1.807) is 11.9 Å². The molecular weight excluding hydrogens is 294 g/mol. The summed E-state index contributed by atoms with van der Waals surface area (Å²) < 4.78 is 5.69. The monoisotopic (exact) mass is 317 g/mol. The van der Waals surface area contributed by atoms with E-state index in [1.807, 2.05) is 6.92 Å². The van der Waals surface area contributed by atoms with Gasteiger partial charge in [-0.2, -0.15) is 0 Å². The summed E-state index contributed by atoms with van der Waals surface area (Å²) in [4.78, 5) is 13.5. The van der Waals surface area contributed by atoms with Crippen molar-refractivity contribution >= 4 is 23.2 Å². The zero-order chi connectivity index (χ0) is 15.6. The van der Waals surface area contributed by atoms with Gasteiger partial charge in [0.25, 0.3) is 0 Å². The molecule has 0 radical (unpaired) electrons. The van der Waals surface area contributed by atoms with E-state index < -0.39 is 24.4 Å². The highest BCUT2D eigenvalue weighted by molar-refractivity contribution is 7.80. The fourth-order valence-corrected chi connectivity index (χ4v) is 3.06. The summed E-state index contributed by atoms with van der Waals surface area (Å²) in [5.74, 6) is 0.0735. The Labute approximate surface area is 129 Å². The van der Waals surface area contributed by atoms with Gasteiger partial charge in [0.1, 0.15) is 18.3 Å². The molecular formula is C13H23N3O4S. The van der Waals surface area contributed by atoms with Crippen molar-refractivity contribution in [2.45, 2.75) is 50.2 Å². The lowest BCUT2D eigenvalue weighted by atomic mass is 9.93. The number of thiocarbonyl (C=S) groups is 1. The number of likely N-dealkylation sites (tertiary alicyclic amines) is 1. The average Bonchev–Trinajstić information content (AvgIpc) is 2.89. The van der Waals surface area contributed by atoms with Crippen LogP contribution in [0.3, 0.4) is 0 Å². The molecule has 2 heterocycles. The summed E-state index contributed by atoms with van der Waals surface area (Å²) in [5, 5.41) is 26.5. The second-order valence-electron chi connectivity index (χ2n) is 5.54. The van der Waals surface area contributed by atoms with Crippen molar-refractivity contribution in [3.05, 3.63) is 0 Å². The average molecular weight is 317 g/mol. The first kappa shape index (κ1) is 16.4. The van der Waals surface area contributed by atoms with Crippen molar-refractivity contribution in [3.63, 3.8) is 0 Å². The molecule has 0 aromatic heterocycles. The van der Waals surface area contributed by atoms with Crippen LogP contribution in [-0.2, 0) is 9.53 Å². The number of amides is 1. The van der Waals surface area contributed by atoms with E-state index in [0.717, 1.165) is 6.42 Å². The van der Waals surface area contributed by atoms with Crippen LogP contribution in [0.5, 0.6) is 0 Å². The summed E-state index contributed by atoms with van der Waals surface area (Å²) in [6.45, 7) is 2.74. The number of nitrogens with one attached hydrogen (secondary N) is 2. The Morgan fingerprint density at radius 1 is 1.48 bits per heavy atom. The van der Waals surface area contributed by atoms with Gasteiger partial charge in [0.15, 0.2) is 5.11 Å². The first-order valence-electron chi connectivity index (χ1n) is 7.21. The fraction of sp³-hybridized carbons (Fsp3) is 0.846. The first-order chi connectivity index (χ1) is 9.95. The molecule has 8 heteroatoms. The van der Waals surface area contributed by atoms with Gasteiger partial charge in [-0.05, 0) is 25.6 Å². The summed E-state index contributed by atoms with van der Waals surface area (Å²) in [5.41, 5.74) is 0. The van der Waals surface area contributed by atoms with Crippen LogP contribution in [0.15, 0.2) is 0 Å². The minimum atomic E-state index is -1.07. The molecule has 0 spiro atoms. The molecule has 0 aliphatic carbocycles. The molecule has 7 nitrogen and oxygen atoms in total. The highest BCUT2D eigenvalue weighted by Gasteiger charge is 2.43. The van der Waals surface area contributed by atoms with Crippen molar-refractivity contribution < 1.29 is 19.7 Å². The van der Waals surface area contributed by atoms with Crippen LogP contribution >= 0.6 is 12.2 Å². The van der Waals surface area contributed by atoms with E-state index in [-0.39, 0.29) is 18.6 Å². The van der Waals surface area contributed by atoms with Gasteiger partial charge in [-0.3, -0.25) is 4.79 Å². The molecule has 1 amide bonds. The number of rotatable bonds is 3. The predicted octanol–water partition coefficient (Wildman–Crippen LogP) is -1.42. The van der Waals surface area contributed by atoms with Gasteiger partial charge in [-0.25, -0.2) is 0 Å². The molecule has 0 bridgehead atoms. The molecule has 2 fully saturated rings. The molecule has 2 aliphatic heterocycles. The Morgan fingerprint density at radius 2 is 2.19 bits per heavy atom. The second-order valence-corrected chi connectivity index (χ2v) is 5.95. The maximum absolute atomic E-state index is 11.8. The van der Waals surface area contributed by atoms with Gasteiger partial charge in [0.05, 0.1) is 18.7 Å². The summed E-state index contributed by atoms with van der Waals surface area (Å²) in [6.07, 6.45) is -1.30. The number of nitrogens with zero attached hydrogens (tertiary/aromatic N) is 1. The molecule has 21 heavy (non-hydrogen) atoms. The zero-order valence-electron chi connectivity index (χ0n) is 12.3. The van der Waals surface area contributed by atoms with Crippen LogP contribution in [0.25, 0.3) is 0 Å². The van der Waals surface area contributed by atoms with Crippen LogP contribution in [0, 0.1) is 0 Å². The van der Waals surface area contributed by atoms with Crippen LogP contribution in [0.4, 0.5) is 0 Å². The number of carbonyl (C=O) groups excluding carboxylic acids is 1. The molecule has 0 unspecified atom stereocenters. The number of carbonyl (C=O) groups is 1. The van der Waals surface area contributed by atoms with E-state index in [2.05, 4.69) is 10.6 Å². The van der Waals surface area contributed by atoms with Gasteiger partial charge in [-0.1, -0.05) is 0 Å². The minimum absolute atomic E-state index is 0.0735. The van der Waals surface area contributed by atoms with Gasteiger partial charge < -0.3 is 30.5 Å². The highest BCUT2D eigenvalue weighted by atomic mass is 32.1. The zero-order valence-corrected chi connectivity index (χ0v) is 13.1. The Morgan fingerprint density at radius 3 is 2.76 bits per heavy atom. The van der Waals surface area contributed by atoms with E-state index >= 15 is 0 Å². The molecule has 2 rings (SSSR count). The molecule has 120 valence electrons. The third kappa shape index (κ3) is 3.45. The minimum Gasteiger partial charge on any atom is -0.388 e. The Balaban J connectivity index is 1.98. The first-order valence-corrected chi connectivity index (χ1v) is 7.62. The lowest BCUT2D eigenvalue weighted by molar-refractivity contribution is -0.170. The van der Waals surface area contributed by atoms with Crippen molar-refractivity contribution in [1.82, 2.24) is 15.5 Å². The maximum Gasteiger partial charge on any atom is 0.222 e. The van der Waals surface area contributed by atoms with Crippen molar-refractivity contribution in [3.8, 4) is 0 Å². The van der Waals surface area contributed by atoms with Gasteiger partial charge in [-0.15, -0.1) is 0 Å². The molecule has 0 aromatic carbocycles. The van der Waals surface area contributed by atoms with E-state index in [1.165, 1.54) is 0 Å². The second kappa shape index (κ2) is 6.87. The summed E-state index contributed by atoms with van der Waals surface area (Å²) in [6, 6.07) is -0.737. The van der Waals surface area contributed by atoms with Crippen LogP contribution in [0.1, 0.15) is 19.8 Å². The topological polar surface area (TPSA) is 94.1 Å². The normalized spacial score (nSPS) is 34.7. The van der Waals surface area contributed by atoms with Crippen LogP contribution in [-0.4, -0.2) is 76.7 Å². The van der Waals surface area contributed by atoms with Gasteiger partial charge >= 0.3 is 0 Å². The number of ether oxygens (including phenoxy) is 1. The number of aliphatic hydroxyl groups is 2. The predicted molar refractivity (Wildman–Crippen MR) is 80.7 cm³/mol. The summed E-state index contributed by atoms with van der Waals surface area (Å²) >= 11 is 4.99. The van der Waals surface area contributed by atoms with Crippen molar-refractivity contribution in [1.29, 1.82) is 0 Å². The Kier molecular flexibility index (Phi) is 5.37. The third-order valence-corrected chi connectivity index (χ3v) is 4.51. The fourth-order valence-electron chi connectivity index (χ4n) is 2.91. The SMILES string of the molecule is CNC(=S)N[C@H]1CO[C@H]([C@H](C)N2CCCC2=O)[C@@H](O)[C@@H]1O. The largest absolute Gasteiger partial charge is 0.388 e. The molecule has 2 aliphatic rings. The van der Waals surface area contributed by atoms with E-state index in [9.17, 15) is 15.0 Å². The van der Waals surface area contributed by atoms with Crippen LogP contribution in [0.2, 0.25) is 0 Å². The molecule has 0 aromatic rings. The molecule has 0 saturated carbocycles. The summed E-state index contributed by atoms with van der Waals surface area (Å²) in [7, 11) is 1.67. The van der Waals surface area contributed by atoms with Crippen molar-refractivity contribution in [2.24, 2.45) is 0 Å². The van der Waals surface area contributed by atoms with Crippen molar-refractivity contribution in [2.75, 3.05) is 20.2 Å². The van der Waals surface area contributed by atoms with E-state index in [0.29, 0.717) is 18.1 Å². The van der Waals surface area contributed by atoms with Crippen LogP contribution < -0.4 is 10.6 Å². The Bertz CT molecular complexity index is 409. The Hall–Kier alpha value is -0.960. The number of hydrogen-bond donors (Lipinski definition) is 4. The third-order valence-electron chi connectivity index (χ3n) is 4.19. The lowest BCUT2D eigenvalue weighted by Crippen LogP contribution is -2.64. The highest BCUT2D eigenvalue weighted by Crippen LogP contribution is 2.24. The maximum atomic E-state index is 11.8. The van der Waals surface area contributed by atoms with E-state index in [4.69, 9.17) is 17.0 Å². The van der Waals surface area contributed by atoms with Gasteiger partial charge in [0.2, 0.25) is 5.91 Å². The molecule has 4 N–H and O–H groups in total.